The number of ether oxygens (including phenoxy) is 2. The molecule has 8 nitrogen and oxygen atoms in total. The maximum absolute atomic E-state index is 13.6. The molecule has 0 fully saturated rings. The average molecular weight is 496 g/mol. The van der Waals surface area contributed by atoms with Crippen LogP contribution in [0.25, 0.3) is 0 Å². The lowest BCUT2D eigenvalue weighted by Crippen LogP contribution is -2.51. The minimum atomic E-state index is -0.972. The first-order valence-corrected chi connectivity index (χ1v) is 11.8. The molecule has 0 saturated heterocycles. The number of anilines is 1. The number of carbonyl (C=O) groups is 3. The fraction of sp³-hybridized carbons (Fsp3) is 0.393. The molecule has 0 bridgehead atoms. The zero-order chi connectivity index (χ0) is 27.0. The number of nitrogens with one attached hydrogen (secondary N) is 2. The normalized spacial score (nSPS) is 12.6. The van der Waals surface area contributed by atoms with Gasteiger partial charge in [0.05, 0.1) is 7.11 Å². The molecule has 2 atom stereocenters. The van der Waals surface area contributed by atoms with Crippen LogP contribution in [0.3, 0.4) is 0 Å². The van der Waals surface area contributed by atoms with Crippen LogP contribution in [-0.4, -0.2) is 48.1 Å². The van der Waals surface area contributed by atoms with E-state index in [0.717, 1.165) is 11.1 Å². The van der Waals surface area contributed by atoms with Crippen molar-refractivity contribution in [2.24, 2.45) is 0 Å². The predicted molar refractivity (Wildman–Crippen MR) is 141 cm³/mol. The van der Waals surface area contributed by atoms with Crippen molar-refractivity contribution < 1.29 is 23.9 Å². The summed E-state index contributed by atoms with van der Waals surface area (Å²) in [6, 6.07) is 10.6. The quantitative estimate of drug-likeness (QED) is 0.482. The Bertz CT molecular complexity index is 1090. The van der Waals surface area contributed by atoms with Crippen molar-refractivity contribution in [3.8, 4) is 5.75 Å². The molecular weight excluding hydrogens is 458 g/mol. The number of amides is 3. The molecule has 2 N–H and O–H groups in total. The Morgan fingerprint density at radius 2 is 1.69 bits per heavy atom. The SMILES string of the molecule is C=CCN(C(=O)C(C)NC(=O)OC(C)(C)C)C(C(=O)Nc1ccc(OC)cc1)c1ccc(C)c(C)c1. The van der Waals surface area contributed by atoms with Crippen molar-refractivity contribution in [2.45, 2.75) is 59.2 Å². The van der Waals surface area contributed by atoms with Crippen molar-refractivity contribution in [1.29, 1.82) is 0 Å². The summed E-state index contributed by atoms with van der Waals surface area (Å²) in [6.45, 7) is 14.6. The highest BCUT2D eigenvalue weighted by Gasteiger charge is 2.34. The Hall–Kier alpha value is -3.81. The second-order valence-corrected chi connectivity index (χ2v) is 9.61. The molecular formula is C28H37N3O5. The van der Waals surface area contributed by atoms with Crippen LogP contribution in [0.5, 0.6) is 5.75 Å². The number of aryl methyl sites for hydroxylation is 2. The number of benzene rings is 2. The molecule has 2 unspecified atom stereocenters. The standard InChI is InChI=1S/C28H37N3O5/c1-9-16-31(26(33)20(4)29-27(34)36-28(5,6)7)24(21-11-10-18(2)19(3)17-21)25(32)30-22-12-14-23(35-8)15-13-22/h9-15,17,20,24H,1,16H2,2-8H3,(H,29,34)(H,30,32). The van der Waals surface area contributed by atoms with Crippen LogP contribution < -0.4 is 15.4 Å². The van der Waals surface area contributed by atoms with Gasteiger partial charge >= 0.3 is 6.09 Å². The molecule has 0 radical (unpaired) electrons. The smallest absolute Gasteiger partial charge is 0.408 e. The fourth-order valence-electron chi connectivity index (χ4n) is 3.55. The summed E-state index contributed by atoms with van der Waals surface area (Å²) < 4.78 is 10.5. The van der Waals surface area contributed by atoms with Gasteiger partial charge in [-0.2, -0.15) is 0 Å². The van der Waals surface area contributed by atoms with E-state index >= 15 is 0 Å². The van der Waals surface area contributed by atoms with Crippen molar-refractivity contribution in [3.63, 3.8) is 0 Å². The molecule has 0 heterocycles. The summed E-state index contributed by atoms with van der Waals surface area (Å²) >= 11 is 0. The van der Waals surface area contributed by atoms with E-state index in [2.05, 4.69) is 17.2 Å². The Labute approximate surface area is 213 Å². The molecule has 0 spiro atoms. The van der Waals surface area contributed by atoms with Gasteiger partial charge in [-0.1, -0.05) is 24.3 Å². The van der Waals surface area contributed by atoms with Gasteiger partial charge in [-0.3, -0.25) is 9.59 Å². The molecule has 0 aromatic heterocycles. The molecule has 0 saturated carbocycles. The van der Waals surface area contributed by atoms with Gasteiger partial charge < -0.3 is 25.0 Å². The predicted octanol–water partition coefficient (Wildman–Crippen LogP) is 4.92. The van der Waals surface area contributed by atoms with E-state index in [1.54, 1.807) is 65.1 Å². The van der Waals surface area contributed by atoms with Gasteiger partial charge in [0.1, 0.15) is 23.4 Å². The molecule has 8 heteroatoms. The van der Waals surface area contributed by atoms with Crippen LogP contribution >= 0.6 is 0 Å². The molecule has 0 aliphatic carbocycles. The summed E-state index contributed by atoms with van der Waals surface area (Å²) in [7, 11) is 1.56. The lowest BCUT2D eigenvalue weighted by molar-refractivity contribution is -0.139. The first kappa shape index (κ1) is 28.4. The number of alkyl carbamates (subject to hydrolysis) is 1. The Morgan fingerprint density at radius 3 is 2.22 bits per heavy atom. The van der Waals surface area contributed by atoms with E-state index in [-0.39, 0.29) is 6.54 Å². The summed E-state index contributed by atoms with van der Waals surface area (Å²) in [5.41, 5.74) is 2.54. The van der Waals surface area contributed by atoms with E-state index in [4.69, 9.17) is 9.47 Å². The summed E-state index contributed by atoms with van der Waals surface area (Å²) in [5.74, 6) is -0.193. The van der Waals surface area contributed by atoms with Crippen molar-refractivity contribution in [1.82, 2.24) is 10.2 Å². The third-order valence-electron chi connectivity index (χ3n) is 5.48. The molecule has 2 aromatic rings. The second kappa shape index (κ2) is 12.2. The highest BCUT2D eigenvalue weighted by Crippen LogP contribution is 2.27. The lowest BCUT2D eigenvalue weighted by Gasteiger charge is -2.33. The minimum Gasteiger partial charge on any atom is -0.497 e. The van der Waals surface area contributed by atoms with Gasteiger partial charge in [-0.25, -0.2) is 4.79 Å². The van der Waals surface area contributed by atoms with Gasteiger partial charge in [-0.15, -0.1) is 6.58 Å². The number of hydrogen-bond donors (Lipinski definition) is 2. The van der Waals surface area contributed by atoms with Gasteiger partial charge in [0.25, 0.3) is 5.91 Å². The van der Waals surface area contributed by atoms with Gasteiger partial charge in [0, 0.05) is 12.2 Å². The first-order valence-electron chi connectivity index (χ1n) is 11.8. The zero-order valence-electron chi connectivity index (χ0n) is 22.2. The van der Waals surface area contributed by atoms with Crippen LogP contribution in [0.2, 0.25) is 0 Å². The lowest BCUT2D eigenvalue weighted by atomic mass is 9.98. The highest BCUT2D eigenvalue weighted by atomic mass is 16.6. The molecule has 2 aromatic carbocycles. The molecule has 2 rings (SSSR count). The van der Waals surface area contributed by atoms with E-state index in [9.17, 15) is 14.4 Å². The van der Waals surface area contributed by atoms with Crippen LogP contribution in [-0.2, 0) is 14.3 Å². The van der Waals surface area contributed by atoms with Crippen LogP contribution in [0.1, 0.15) is 50.4 Å². The molecule has 3 amide bonds. The number of carbonyl (C=O) groups excluding carboxylic acids is 3. The minimum absolute atomic E-state index is 0.0901. The van der Waals surface area contributed by atoms with Crippen molar-refractivity contribution in [3.05, 3.63) is 71.8 Å². The number of nitrogens with zero attached hydrogens (tertiary/aromatic N) is 1. The molecule has 0 aliphatic heterocycles. The third-order valence-corrected chi connectivity index (χ3v) is 5.48. The Balaban J connectivity index is 2.42. The van der Waals surface area contributed by atoms with Crippen molar-refractivity contribution in [2.75, 3.05) is 19.0 Å². The maximum Gasteiger partial charge on any atom is 0.408 e. The van der Waals surface area contributed by atoms with Crippen LogP contribution in [0, 0.1) is 13.8 Å². The van der Waals surface area contributed by atoms with E-state index in [1.807, 2.05) is 32.0 Å². The second-order valence-electron chi connectivity index (χ2n) is 9.61. The number of methoxy groups -OCH3 is 1. The third kappa shape index (κ3) is 7.86. The maximum atomic E-state index is 13.6. The summed E-state index contributed by atoms with van der Waals surface area (Å²) in [4.78, 5) is 40.9. The van der Waals surface area contributed by atoms with Gasteiger partial charge in [0.2, 0.25) is 5.91 Å². The van der Waals surface area contributed by atoms with Gasteiger partial charge in [0.15, 0.2) is 0 Å². The topological polar surface area (TPSA) is 97.0 Å². The Kier molecular flexibility index (Phi) is 9.67. The average Bonchev–Trinajstić information content (AvgIpc) is 2.79. The first-order chi connectivity index (χ1) is 16.9. The molecule has 194 valence electrons. The Morgan fingerprint density at radius 1 is 1.06 bits per heavy atom. The van der Waals surface area contributed by atoms with E-state index < -0.39 is 35.6 Å². The van der Waals surface area contributed by atoms with E-state index in [0.29, 0.717) is 17.0 Å². The summed E-state index contributed by atoms with van der Waals surface area (Å²) in [5, 5.41) is 5.47. The monoisotopic (exact) mass is 495 g/mol. The van der Waals surface area contributed by atoms with Crippen molar-refractivity contribution >= 4 is 23.6 Å². The van der Waals surface area contributed by atoms with E-state index in [1.165, 1.54) is 4.90 Å². The number of rotatable bonds is 9. The van der Waals surface area contributed by atoms with Gasteiger partial charge in [-0.05, 0) is 82.5 Å². The molecule has 0 aliphatic rings. The fourth-order valence-corrected chi connectivity index (χ4v) is 3.55. The van der Waals surface area contributed by atoms with Crippen LogP contribution in [0.15, 0.2) is 55.1 Å². The highest BCUT2D eigenvalue weighted by molar-refractivity contribution is 5.99. The molecule has 36 heavy (non-hydrogen) atoms. The zero-order valence-corrected chi connectivity index (χ0v) is 22.2. The largest absolute Gasteiger partial charge is 0.497 e. The number of hydrogen-bond acceptors (Lipinski definition) is 5. The summed E-state index contributed by atoms with van der Waals surface area (Å²) in [6.07, 6.45) is 0.833. The van der Waals surface area contributed by atoms with Crippen LogP contribution in [0.4, 0.5) is 10.5 Å².